The zero-order valence-electron chi connectivity index (χ0n) is 17.3. The molecule has 1 aliphatic carbocycles. The Morgan fingerprint density at radius 3 is 2.75 bits per heavy atom. The molecule has 0 aliphatic heterocycles. The maximum absolute atomic E-state index is 12.5. The Morgan fingerprint density at radius 1 is 1.22 bits per heavy atom. The monoisotopic (exact) mass is 445 g/mol. The third-order valence-electron chi connectivity index (χ3n) is 4.87. The Kier molecular flexibility index (Phi) is 6.02. The highest BCUT2D eigenvalue weighted by Crippen LogP contribution is 2.28. The molecular weight excluding hydrogens is 423 g/mol. The largest absolute Gasteiger partial charge is 0.573 e. The van der Waals surface area contributed by atoms with Gasteiger partial charge in [0.2, 0.25) is 5.91 Å². The lowest BCUT2D eigenvalue weighted by Crippen LogP contribution is -2.27. The Morgan fingerprint density at radius 2 is 2.03 bits per heavy atom. The van der Waals surface area contributed by atoms with Crippen molar-refractivity contribution in [1.82, 2.24) is 20.1 Å². The van der Waals surface area contributed by atoms with Gasteiger partial charge in [-0.05, 0) is 49.9 Å². The number of alkyl halides is 3. The van der Waals surface area contributed by atoms with Crippen molar-refractivity contribution in [2.24, 2.45) is 5.92 Å². The lowest BCUT2D eigenvalue weighted by atomic mass is 10.2. The van der Waals surface area contributed by atoms with Crippen LogP contribution in [0.15, 0.2) is 48.7 Å². The summed E-state index contributed by atoms with van der Waals surface area (Å²) < 4.78 is 43.1. The molecule has 1 amide bonds. The Bertz CT molecular complexity index is 1110. The van der Waals surface area contributed by atoms with Gasteiger partial charge < -0.3 is 15.4 Å². The van der Waals surface area contributed by atoms with Crippen LogP contribution < -0.4 is 15.4 Å². The fourth-order valence-corrected chi connectivity index (χ4v) is 3.22. The number of carbonyl (C=O) groups excluding carboxylic acids is 1. The summed E-state index contributed by atoms with van der Waals surface area (Å²) in [6.45, 7) is 2.51. The van der Waals surface area contributed by atoms with Crippen molar-refractivity contribution < 1.29 is 22.7 Å². The van der Waals surface area contributed by atoms with Gasteiger partial charge in [-0.25, -0.2) is 4.68 Å². The van der Waals surface area contributed by atoms with Gasteiger partial charge in [-0.1, -0.05) is 6.07 Å². The smallest absolute Gasteiger partial charge is 0.406 e. The number of nitrogens with zero attached hydrogens (tertiary/aromatic N) is 3. The molecule has 4 rings (SSSR count). The number of hydrogen-bond donors (Lipinski definition) is 2. The van der Waals surface area contributed by atoms with Crippen LogP contribution in [0.2, 0.25) is 0 Å². The molecule has 0 saturated heterocycles. The van der Waals surface area contributed by atoms with E-state index in [4.69, 9.17) is 0 Å². The molecule has 1 aliphatic rings. The molecule has 0 bridgehead atoms. The average molecular weight is 445 g/mol. The standard InChI is InChI=1S/C22H22F3N5O2/c1-14-9-17(7-8-26-14)30-18(12-21(31)27-13-15-5-6-15)11-20(29-30)28-16-3-2-4-19(10-16)32-22(23,24)25/h2-4,7-11,15H,5-6,12-13H2,1H3,(H,27,31)(H,28,29). The Hall–Kier alpha value is -3.56. The minimum absolute atomic E-state index is 0.111. The normalized spacial score (nSPS) is 13.6. The molecule has 0 spiro atoms. The van der Waals surface area contributed by atoms with E-state index >= 15 is 0 Å². The van der Waals surface area contributed by atoms with Gasteiger partial charge in [0.15, 0.2) is 5.82 Å². The molecule has 0 atom stereocenters. The van der Waals surface area contributed by atoms with E-state index < -0.39 is 6.36 Å². The number of hydrogen-bond acceptors (Lipinski definition) is 5. The number of pyridine rings is 1. The first-order valence-electron chi connectivity index (χ1n) is 10.2. The second kappa shape index (κ2) is 8.89. The summed E-state index contributed by atoms with van der Waals surface area (Å²) in [5, 5.41) is 10.4. The summed E-state index contributed by atoms with van der Waals surface area (Å²) >= 11 is 0. The quantitative estimate of drug-likeness (QED) is 0.541. The third kappa shape index (κ3) is 5.99. The molecule has 1 saturated carbocycles. The maximum Gasteiger partial charge on any atom is 0.573 e. The molecule has 2 heterocycles. The zero-order valence-corrected chi connectivity index (χ0v) is 17.3. The second-order valence-electron chi connectivity index (χ2n) is 7.71. The predicted molar refractivity (Wildman–Crippen MR) is 112 cm³/mol. The van der Waals surface area contributed by atoms with Crippen LogP contribution in [0.5, 0.6) is 5.75 Å². The van der Waals surface area contributed by atoms with Gasteiger partial charge in [-0.2, -0.15) is 0 Å². The summed E-state index contributed by atoms with van der Waals surface area (Å²) in [7, 11) is 0. The number of aromatic nitrogens is 3. The molecule has 168 valence electrons. The van der Waals surface area contributed by atoms with Crippen LogP contribution in [-0.2, 0) is 11.2 Å². The number of anilines is 2. The number of aryl methyl sites for hydroxylation is 1. The van der Waals surface area contributed by atoms with E-state index in [1.54, 1.807) is 29.1 Å². The summed E-state index contributed by atoms with van der Waals surface area (Å²) in [4.78, 5) is 16.6. The molecule has 2 N–H and O–H groups in total. The molecule has 3 aromatic rings. The number of carbonyl (C=O) groups is 1. The molecule has 2 aromatic heterocycles. The van der Waals surface area contributed by atoms with Crippen LogP contribution in [0.25, 0.3) is 5.69 Å². The van der Waals surface area contributed by atoms with E-state index in [1.807, 2.05) is 13.0 Å². The van der Waals surface area contributed by atoms with Crippen molar-refractivity contribution >= 4 is 17.4 Å². The number of halogens is 3. The van der Waals surface area contributed by atoms with E-state index in [9.17, 15) is 18.0 Å². The predicted octanol–water partition coefficient (Wildman–Crippen LogP) is 4.29. The number of nitrogens with one attached hydrogen (secondary N) is 2. The molecule has 0 radical (unpaired) electrons. The highest BCUT2D eigenvalue weighted by atomic mass is 19.4. The molecule has 0 unspecified atom stereocenters. The van der Waals surface area contributed by atoms with Crippen molar-refractivity contribution in [3.8, 4) is 11.4 Å². The van der Waals surface area contributed by atoms with Crippen molar-refractivity contribution in [2.75, 3.05) is 11.9 Å². The van der Waals surface area contributed by atoms with Gasteiger partial charge in [0.05, 0.1) is 17.8 Å². The highest BCUT2D eigenvalue weighted by Gasteiger charge is 2.31. The molecule has 7 nitrogen and oxygen atoms in total. The first kappa shape index (κ1) is 21.7. The Labute approximate surface area is 182 Å². The minimum atomic E-state index is -4.78. The van der Waals surface area contributed by atoms with Crippen LogP contribution in [0.3, 0.4) is 0 Å². The van der Waals surface area contributed by atoms with Crippen LogP contribution in [0, 0.1) is 12.8 Å². The van der Waals surface area contributed by atoms with Gasteiger partial charge in [0.1, 0.15) is 5.75 Å². The van der Waals surface area contributed by atoms with Gasteiger partial charge in [0, 0.05) is 36.3 Å². The van der Waals surface area contributed by atoms with Crippen molar-refractivity contribution in [2.45, 2.75) is 32.5 Å². The van der Waals surface area contributed by atoms with Crippen LogP contribution in [0.1, 0.15) is 24.2 Å². The van der Waals surface area contributed by atoms with Crippen LogP contribution >= 0.6 is 0 Å². The van der Waals surface area contributed by atoms with Crippen LogP contribution in [-0.4, -0.2) is 33.6 Å². The van der Waals surface area contributed by atoms with Crippen molar-refractivity contribution in [3.63, 3.8) is 0 Å². The fraction of sp³-hybridized carbons (Fsp3) is 0.318. The van der Waals surface area contributed by atoms with Gasteiger partial charge in [-0.15, -0.1) is 18.3 Å². The maximum atomic E-state index is 12.5. The Balaban J connectivity index is 1.57. The van der Waals surface area contributed by atoms with E-state index in [-0.39, 0.29) is 18.1 Å². The van der Waals surface area contributed by atoms with Crippen LogP contribution in [0.4, 0.5) is 24.7 Å². The minimum Gasteiger partial charge on any atom is -0.406 e. The lowest BCUT2D eigenvalue weighted by molar-refractivity contribution is -0.274. The highest BCUT2D eigenvalue weighted by molar-refractivity contribution is 5.78. The first-order chi connectivity index (χ1) is 15.2. The van der Waals surface area contributed by atoms with Crippen molar-refractivity contribution in [1.29, 1.82) is 0 Å². The molecule has 10 heteroatoms. The lowest BCUT2D eigenvalue weighted by Gasteiger charge is -2.10. The zero-order chi connectivity index (χ0) is 22.7. The van der Waals surface area contributed by atoms with Gasteiger partial charge >= 0.3 is 6.36 Å². The summed E-state index contributed by atoms with van der Waals surface area (Å²) in [5.74, 6) is 0.492. The first-order valence-corrected chi connectivity index (χ1v) is 10.2. The van der Waals surface area contributed by atoms with Crippen molar-refractivity contribution in [3.05, 3.63) is 60.0 Å². The SMILES string of the molecule is Cc1cc(-n2nc(Nc3cccc(OC(F)(F)F)c3)cc2CC(=O)NCC2CC2)ccn1. The van der Waals surface area contributed by atoms with E-state index in [0.717, 1.165) is 24.2 Å². The van der Waals surface area contributed by atoms with Gasteiger partial charge in [0.25, 0.3) is 0 Å². The fourth-order valence-electron chi connectivity index (χ4n) is 3.22. The molecule has 32 heavy (non-hydrogen) atoms. The summed E-state index contributed by atoms with van der Waals surface area (Å²) in [5.41, 5.74) is 2.51. The van der Waals surface area contributed by atoms with E-state index in [2.05, 4.69) is 25.5 Å². The number of ether oxygens (including phenoxy) is 1. The van der Waals surface area contributed by atoms with E-state index in [1.165, 1.54) is 18.2 Å². The topological polar surface area (TPSA) is 81.1 Å². The van der Waals surface area contributed by atoms with Gasteiger partial charge in [-0.3, -0.25) is 9.78 Å². The third-order valence-corrected chi connectivity index (χ3v) is 4.87. The summed E-state index contributed by atoms with van der Waals surface area (Å²) in [6, 6.07) is 10.8. The van der Waals surface area contributed by atoms with E-state index in [0.29, 0.717) is 29.7 Å². The number of amides is 1. The molecule has 1 aromatic carbocycles. The molecular formula is C22H22F3N5O2. The number of rotatable bonds is 8. The molecule has 1 fully saturated rings. The summed E-state index contributed by atoms with van der Waals surface area (Å²) in [6.07, 6.45) is -0.742. The average Bonchev–Trinajstić information content (AvgIpc) is 3.46. The number of benzene rings is 1. The second-order valence-corrected chi connectivity index (χ2v) is 7.71.